The Morgan fingerprint density at radius 1 is 0.551 bits per heavy atom. The zero-order chi connectivity index (χ0) is 51.7. The highest BCUT2D eigenvalue weighted by molar-refractivity contribution is 5.85. The van der Waals surface area contributed by atoms with Gasteiger partial charge < -0.3 is 40.0 Å². The minimum atomic E-state index is -4.55. The van der Waals surface area contributed by atoms with Gasteiger partial charge in [0, 0.05) is 32.6 Å². The second kappa shape index (κ2) is 27.5. The first-order valence-corrected chi connectivity index (χ1v) is 21.3. The fraction of sp³-hybridized carbons (Fsp3) is 0.674. The van der Waals surface area contributed by atoms with Crippen molar-refractivity contribution in [2.24, 2.45) is 35.3 Å². The monoisotopic (exact) mass is 1030 g/mol. The van der Waals surface area contributed by atoms with Crippen molar-refractivity contribution in [2.75, 3.05) is 26.9 Å². The molecule has 0 aliphatic heterocycles. The maximum atomic E-state index is 12.3. The molecular weight excluding hydrogens is 965 g/mol. The average Bonchev–Trinajstić information content (AvgIpc) is 3.18. The van der Waals surface area contributed by atoms with Crippen LogP contribution in [0.4, 0.5) is 39.5 Å². The zero-order valence-corrected chi connectivity index (χ0v) is 39.9. The molecule has 392 valence electrons. The van der Waals surface area contributed by atoms with Crippen LogP contribution in [0.3, 0.4) is 0 Å². The number of nitrogens with zero attached hydrogens (tertiary/aromatic N) is 6. The van der Waals surface area contributed by atoms with Crippen LogP contribution in [0.5, 0.6) is 17.2 Å². The van der Waals surface area contributed by atoms with Crippen LogP contribution in [0, 0.1) is 29.6 Å². The molecule has 5 N–H and O–H groups in total. The summed E-state index contributed by atoms with van der Waals surface area (Å²) in [6.07, 6.45) is -1.84. The minimum Gasteiger partial charge on any atom is -0.505 e. The number of aliphatic hydroxyl groups excluding tert-OH is 2. The van der Waals surface area contributed by atoms with E-state index in [0.717, 1.165) is 70.4 Å². The Morgan fingerprint density at radius 2 is 0.841 bits per heavy atom. The molecule has 0 amide bonds. The van der Waals surface area contributed by atoms with Gasteiger partial charge in [0.1, 0.15) is 11.2 Å². The molecule has 26 heteroatoms. The summed E-state index contributed by atoms with van der Waals surface area (Å²) in [5.74, 6) is -2.06. The second-order valence-electron chi connectivity index (χ2n) is 18.1. The Labute approximate surface area is 399 Å². The molecule has 3 aromatic rings. The first-order chi connectivity index (χ1) is 31.4. The fourth-order valence-electron chi connectivity index (χ4n) is 6.50. The van der Waals surface area contributed by atoms with Gasteiger partial charge >= 0.3 is 30.5 Å². The number of hydrogen-bond acceptors (Lipinski definition) is 16. The Hall–Kier alpha value is -4.88. The van der Waals surface area contributed by atoms with E-state index in [0.29, 0.717) is 56.2 Å². The highest BCUT2D eigenvalue weighted by Crippen LogP contribution is 2.38. The SMILES string of the molecule is CC(C)(C)OC(=O)CC1CC(CO)C1.CC(C)(C)OC(=O)CC1CC(COc2cnc(C(F)(F)F)nc2)C1.CO.Cl.NC1CC(COc2cnc(C(F)(F)F)nc2)C1.Oc1cnc(C(F)(F)F)nc1. The number of carbonyl (C=O) groups excluding carboxylic acids is 2. The molecule has 3 heterocycles. The Balaban J connectivity index is 0.000000469. The van der Waals surface area contributed by atoms with Crippen molar-refractivity contribution in [3.05, 3.63) is 54.7 Å². The van der Waals surface area contributed by atoms with E-state index in [4.69, 9.17) is 40.0 Å². The summed E-state index contributed by atoms with van der Waals surface area (Å²) in [5.41, 5.74) is 4.74. The Bertz CT molecular complexity index is 1940. The molecule has 0 atom stereocenters. The van der Waals surface area contributed by atoms with Crippen LogP contribution in [-0.2, 0) is 37.6 Å². The maximum Gasteiger partial charge on any atom is 0.451 e. The number of rotatable bonds is 11. The standard InChI is InChI=1S/C16H21F3N2O3.C11H20O3.C10H12F3N3O.C5H3F3N2O.CH4O.ClH/c1-15(2,3)24-13(22)6-10-4-11(5-10)9-23-12-7-20-14(21-8-12)16(17,18)19;1-11(2,3)14-10(13)6-8-4-9(5-8)7-12;11-10(12,13)9-15-3-8(4-16-9)17-5-6-1-7(14)2-6;6-5(7,8)4-9-1-3(11)2-10-4;1-2;/h7-8,10-11H,4-6,9H2,1-3H3;8-9,12H,4-7H2,1-3H3;3-4,6-7H,1-2,5,14H2;1-2,11H;2H,1H3;1H. The van der Waals surface area contributed by atoms with Crippen molar-refractivity contribution in [3.8, 4) is 17.2 Å². The number of hydrogen-bond donors (Lipinski definition) is 4. The van der Waals surface area contributed by atoms with Gasteiger partial charge in [0.2, 0.25) is 17.5 Å². The van der Waals surface area contributed by atoms with Crippen LogP contribution in [0.25, 0.3) is 0 Å². The lowest BCUT2D eigenvalue weighted by molar-refractivity contribution is -0.158. The summed E-state index contributed by atoms with van der Waals surface area (Å²) in [4.78, 5) is 41.7. The molecule has 3 aliphatic rings. The molecule has 3 aromatic heterocycles. The van der Waals surface area contributed by atoms with E-state index >= 15 is 0 Å². The number of nitrogens with two attached hydrogens (primary N) is 1. The van der Waals surface area contributed by atoms with E-state index in [1.165, 1.54) is 0 Å². The molecule has 0 unspecified atom stereocenters. The number of aromatic hydroxyl groups is 1. The van der Waals surface area contributed by atoms with Gasteiger partial charge in [-0.05, 0) is 110 Å². The second-order valence-corrected chi connectivity index (χ2v) is 18.1. The van der Waals surface area contributed by atoms with Gasteiger partial charge in [0.05, 0.1) is 50.4 Å². The van der Waals surface area contributed by atoms with Gasteiger partial charge in [-0.25, -0.2) is 29.9 Å². The van der Waals surface area contributed by atoms with Crippen LogP contribution in [0.1, 0.15) is 110 Å². The molecular formula is C43H61ClF9N7O9. The minimum absolute atomic E-state index is 0. The number of halogens is 10. The third-order valence-electron chi connectivity index (χ3n) is 9.57. The van der Waals surface area contributed by atoms with Gasteiger partial charge in [-0.1, -0.05) is 0 Å². The lowest BCUT2D eigenvalue weighted by atomic mass is 9.74. The van der Waals surface area contributed by atoms with Crippen molar-refractivity contribution < 1.29 is 83.4 Å². The van der Waals surface area contributed by atoms with Crippen molar-refractivity contribution >= 4 is 24.3 Å². The van der Waals surface area contributed by atoms with E-state index in [2.05, 4.69) is 29.9 Å². The summed E-state index contributed by atoms with van der Waals surface area (Å²) in [5, 5.41) is 24.3. The van der Waals surface area contributed by atoms with Crippen LogP contribution in [0.2, 0.25) is 0 Å². The molecule has 0 spiro atoms. The zero-order valence-electron chi connectivity index (χ0n) is 39.1. The average molecular weight is 1030 g/mol. The summed E-state index contributed by atoms with van der Waals surface area (Å²) in [6, 6.07) is 0.229. The Morgan fingerprint density at radius 3 is 1.12 bits per heavy atom. The number of esters is 2. The molecule has 69 heavy (non-hydrogen) atoms. The molecule has 6 rings (SSSR count). The van der Waals surface area contributed by atoms with E-state index in [1.54, 1.807) is 0 Å². The number of aromatic nitrogens is 6. The summed E-state index contributed by atoms with van der Waals surface area (Å²) >= 11 is 0. The molecule has 3 aliphatic carbocycles. The molecule has 0 bridgehead atoms. The fourth-order valence-corrected chi connectivity index (χ4v) is 6.50. The molecule has 3 fully saturated rings. The van der Waals surface area contributed by atoms with Crippen molar-refractivity contribution in [1.29, 1.82) is 0 Å². The third kappa shape index (κ3) is 25.0. The molecule has 16 nitrogen and oxygen atoms in total. The first kappa shape index (κ1) is 62.1. The van der Waals surface area contributed by atoms with Crippen molar-refractivity contribution in [2.45, 2.75) is 129 Å². The lowest BCUT2D eigenvalue weighted by Crippen LogP contribution is -2.39. The van der Waals surface area contributed by atoms with E-state index in [-0.39, 0.29) is 65.9 Å². The highest BCUT2D eigenvalue weighted by Gasteiger charge is 2.37. The van der Waals surface area contributed by atoms with Crippen LogP contribution in [0.15, 0.2) is 37.2 Å². The number of alkyl halides is 9. The van der Waals surface area contributed by atoms with Gasteiger partial charge in [-0.3, -0.25) is 9.59 Å². The van der Waals surface area contributed by atoms with Gasteiger partial charge in [-0.2, -0.15) is 39.5 Å². The Kier molecular flexibility index (Phi) is 24.8. The lowest BCUT2D eigenvalue weighted by Gasteiger charge is -2.35. The number of aliphatic hydroxyl groups is 2. The summed E-state index contributed by atoms with van der Waals surface area (Å²) in [6.45, 7) is 12.2. The number of ether oxygens (including phenoxy) is 4. The van der Waals surface area contributed by atoms with Crippen molar-refractivity contribution in [1.82, 2.24) is 29.9 Å². The van der Waals surface area contributed by atoms with Gasteiger partial charge in [-0.15, -0.1) is 12.4 Å². The molecule has 3 saturated carbocycles. The quantitative estimate of drug-likeness (QED) is 0.105. The van der Waals surface area contributed by atoms with Gasteiger partial charge in [0.15, 0.2) is 17.2 Å². The summed E-state index contributed by atoms with van der Waals surface area (Å²) in [7, 11) is 1.00. The predicted octanol–water partition coefficient (Wildman–Crippen LogP) is 8.21. The normalized spacial score (nSPS) is 20.7. The van der Waals surface area contributed by atoms with Crippen LogP contribution < -0.4 is 15.2 Å². The molecule has 0 radical (unpaired) electrons. The predicted molar refractivity (Wildman–Crippen MR) is 230 cm³/mol. The van der Waals surface area contributed by atoms with Crippen molar-refractivity contribution in [3.63, 3.8) is 0 Å². The van der Waals surface area contributed by atoms with Crippen LogP contribution >= 0.6 is 12.4 Å². The topological polar surface area (TPSA) is 235 Å². The van der Waals surface area contributed by atoms with E-state index in [9.17, 15) is 49.1 Å². The first-order valence-electron chi connectivity index (χ1n) is 21.3. The third-order valence-corrected chi connectivity index (χ3v) is 9.57. The van der Waals surface area contributed by atoms with Gasteiger partial charge in [0.25, 0.3) is 0 Å². The molecule has 0 saturated heterocycles. The summed E-state index contributed by atoms with van der Waals surface area (Å²) < 4.78 is 130. The van der Waals surface area contributed by atoms with Crippen LogP contribution in [-0.4, -0.2) is 101 Å². The molecule has 0 aromatic carbocycles. The highest BCUT2D eigenvalue weighted by atomic mass is 35.5. The van der Waals surface area contributed by atoms with E-state index in [1.807, 2.05) is 41.5 Å². The smallest absolute Gasteiger partial charge is 0.451 e. The van der Waals surface area contributed by atoms with E-state index < -0.39 is 47.4 Å². The largest absolute Gasteiger partial charge is 0.505 e. The maximum absolute atomic E-state index is 12.3. The number of carbonyl (C=O) groups is 2.